The minimum Gasteiger partial charge on any atom is -0.268 e. The van der Waals surface area contributed by atoms with Gasteiger partial charge in [-0.3, -0.25) is 4.79 Å². The molecule has 0 radical (unpaired) electrons. The molecule has 27 heavy (non-hydrogen) atoms. The number of para-hydroxylation sites is 1. The third-order valence-electron chi connectivity index (χ3n) is 3.93. The van der Waals surface area contributed by atoms with Crippen LogP contribution in [0, 0.1) is 0 Å². The summed E-state index contributed by atoms with van der Waals surface area (Å²) in [5.41, 5.74) is 3.22. The van der Waals surface area contributed by atoms with Crippen LogP contribution in [-0.2, 0) is 14.8 Å². The van der Waals surface area contributed by atoms with Crippen molar-refractivity contribution in [2.75, 3.05) is 10.6 Å². The highest BCUT2D eigenvalue weighted by molar-refractivity contribution is 7.92. The Morgan fingerprint density at radius 2 is 1.41 bits per heavy atom. The van der Waals surface area contributed by atoms with Gasteiger partial charge in [-0.25, -0.2) is 12.7 Å². The van der Waals surface area contributed by atoms with Crippen LogP contribution in [0.25, 0.3) is 17.2 Å². The number of hydrogen-bond donors (Lipinski definition) is 0. The predicted octanol–water partition coefficient (Wildman–Crippen LogP) is 4.36. The van der Waals surface area contributed by atoms with E-state index < -0.39 is 15.9 Å². The SMILES string of the molecule is CS(=O)(=O)N(C(=O)/C=C/c1cccc(-c2ccccc2)c1)c1ccccc1. The van der Waals surface area contributed by atoms with E-state index in [1.807, 2.05) is 54.6 Å². The maximum absolute atomic E-state index is 12.6. The Morgan fingerprint density at radius 3 is 2.04 bits per heavy atom. The lowest BCUT2D eigenvalue weighted by Gasteiger charge is -2.18. The number of carbonyl (C=O) groups excluding carboxylic acids is 1. The van der Waals surface area contributed by atoms with Gasteiger partial charge in [0.25, 0.3) is 5.91 Å². The Balaban J connectivity index is 1.88. The Labute approximate surface area is 159 Å². The summed E-state index contributed by atoms with van der Waals surface area (Å²) in [5, 5.41) is 0. The van der Waals surface area contributed by atoms with Crippen LogP contribution >= 0.6 is 0 Å². The first kappa shape index (κ1) is 18.6. The molecular formula is C22H19NO3S. The topological polar surface area (TPSA) is 54.5 Å². The van der Waals surface area contributed by atoms with E-state index in [4.69, 9.17) is 0 Å². The molecule has 136 valence electrons. The molecule has 0 aliphatic heterocycles. The van der Waals surface area contributed by atoms with E-state index in [1.54, 1.807) is 36.4 Å². The molecule has 0 aliphatic carbocycles. The summed E-state index contributed by atoms with van der Waals surface area (Å²) in [6.07, 6.45) is 3.91. The average molecular weight is 377 g/mol. The van der Waals surface area contributed by atoms with E-state index in [0.717, 1.165) is 27.3 Å². The van der Waals surface area contributed by atoms with Crippen LogP contribution in [-0.4, -0.2) is 20.6 Å². The van der Waals surface area contributed by atoms with E-state index in [2.05, 4.69) is 0 Å². The zero-order valence-electron chi connectivity index (χ0n) is 14.8. The number of carbonyl (C=O) groups is 1. The second kappa shape index (κ2) is 8.01. The third-order valence-corrected chi connectivity index (χ3v) is 4.99. The fourth-order valence-electron chi connectivity index (χ4n) is 2.73. The van der Waals surface area contributed by atoms with Crippen LogP contribution in [0.1, 0.15) is 5.56 Å². The van der Waals surface area contributed by atoms with Gasteiger partial charge >= 0.3 is 0 Å². The van der Waals surface area contributed by atoms with Gasteiger partial charge in [-0.1, -0.05) is 66.7 Å². The van der Waals surface area contributed by atoms with Gasteiger partial charge in [-0.15, -0.1) is 0 Å². The number of benzene rings is 3. The molecule has 3 aromatic rings. The van der Waals surface area contributed by atoms with Gasteiger partial charge in [-0.2, -0.15) is 0 Å². The summed E-state index contributed by atoms with van der Waals surface area (Å²) in [7, 11) is -3.74. The second-order valence-corrected chi connectivity index (χ2v) is 7.86. The average Bonchev–Trinajstić information content (AvgIpc) is 2.67. The largest absolute Gasteiger partial charge is 0.268 e. The summed E-state index contributed by atoms with van der Waals surface area (Å²) >= 11 is 0. The molecule has 3 rings (SSSR count). The quantitative estimate of drug-likeness (QED) is 0.621. The lowest BCUT2D eigenvalue weighted by molar-refractivity contribution is -0.113. The lowest BCUT2D eigenvalue weighted by atomic mass is 10.0. The van der Waals surface area contributed by atoms with Crippen molar-refractivity contribution in [2.24, 2.45) is 0 Å². The molecule has 0 spiro atoms. The van der Waals surface area contributed by atoms with Gasteiger partial charge in [-0.05, 0) is 41.0 Å². The minimum atomic E-state index is -3.74. The van der Waals surface area contributed by atoms with Crippen molar-refractivity contribution in [3.63, 3.8) is 0 Å². The van der Waals surface area contributed by atoms with Gasteiger partial charge in [0.05, 0.1) is 11.9 Å². The molecule has 0 atom stereocenters. The minimum absolute atomic E-state index is 0.313. The number of sulfonamides is 1. The van der Waals surface area contributed by atoms with Crippen molar-refractivity contribution in [3.8, 4) is 11.1 Å². The van der Waals surface area contributed by atoms with Crippen LogP contribution in [0.3, 0.4) is 0 Å². The first-order chi connectivity index (χ1) is 12.9. The third kappa shape index (κ3) is 4.71. The van der Waals surface area contributed by atoms with Crippen molar-refractivity contribution in [1.82, 2.24) is 0 Å². The molecule has 5 heteroatoms. The lowest BCUT2D eigenvalue weighted by Crippen LogP contribution is -2.34. The normalized spacial score (nSPS) is 11.4. The number of amides is 1. The van der Waals surface area contributed by atoms with Crippen LogP contribution in [0.5, 0.6) is 0 Å². The van der Waals surface area contributed by atoms with Gasteiger partial charge < -0.3 is 0 Å². The highest BCUT2D eigenvalue weighted by Crippen LogP contribution is 2.21. The van der Waals surface area contributed by atoms with Crippen molar-refractivity contribution >= 4 is 27.7 Å². The molecule has 0 N–H and O–H groups in total. The molecule has 1 amide bonds. The van der Waals surface area contributed by atoms with Gasteiger partial charge in [0.15, 0.2) is 0 Å². The zero-order valence-corrected chi connectivity index (χ0v) is 15.6. The molecule has 0 aliphatic rings. The van der Waals surface area contributed by atoms with Gasteiger partial charge in [0, 0.05) is 6.08 Å². The number of hydrogen-bond acceptors (Lipinski definition) is 3. The summed E-state index contributed by atoms with van der Waals surface area (Å²) in [6.45, 7) is 0. The molecule has 3 aromatic carbocycles. The Hall–Kier alpha value is -3.18. The van der Waals surface area contributed by atoms with E-state index in [0.29, 0.717) is 5.69 Å². The maximum Gasteiger partial charge on any atom is 0.264 e. The Bertz CT molecular complexity index is 1060. The highest BCUT2D eigenvalue weighted by Gasteiger charge is 2.23. The Kier molecular flexibility index (Phi) is 5.52. The molecule has 0 aromatic heterocycles. The Morgan fingerprint density at radius 1 is 0.815 bits per heavy atom. The first-order valence-corrected chi connectivity index (χ1v) is 10.2. The summed E-state index contributed by atoms with van der Waals surface area (Å²) in [5.74, 6) is -0.617. The fourth-order valence-corrected chi connectivity index (χ4v) is 3.63. The monoisotopic (exact) mass is 377 g/mol. The molecular weight excluding hydrogens is 358 g/mol. The zero-order chi connectivity index (χ0) is 19.3. The van der Waals surface area contributed by atoms with E-state index >= 15 is 0 Å². The van der Waals surface area contributed by atoms with Gasteiger partial charge in [0.1, 0.15) is 0 Å². The number of nitrogens with zero attached hydrogens (tertiary/aromatic N) is 1. The van der Waals surface area contributed by atoms with Crippen LogP contribution in [0.15, 0.2) is 91.0 Å². The molecule has 4 nitrogen and oxygen atoms in total. The smallest absolute Gasteiger partial charge is 0.264 e. The predicted molar refractivity (Wildman–Crippen MR) is 110 cm³/mol. The van der Waals surface area contributed by atoms with E-state index in [-0.39, 0.29) is 0 Å². The van der Waals surface area contributed by atoms with Crippen LogP contribution in [0.4, 0.5) is 5.69 Å². The van der Waals surface area contributed by atoms with E-state index in [9.17, 15) is 13.2 Å². The van der Waals surface area contributed by atoms with Crippen LogP contribution in [0.2, 0.25) is 0 Å². The van der Waals surface area contributed by atoms with Crippen molar-refractivity contribution in [1.29, 1.82) is 0 Å². The summed E-state index contributed by atoms with van der Waals surface area (Å²) < 4.78 is 25.0. The van der Waals surface area contributed by atoms with Crippen molar-refractivity contribution in [3.05, 3.63) is 96.6 Å². The number of rotatable bonds is 5. The van der Waals surface area contributed by atoms with Gasteiger partial charge in [0.2, 0.25) is 10.0 Å². The van der Waals surface area contributed by atoms with Crippen LogP contribution < -0.4 is 4.31 Å². The first-order valence-electron chi connectivity index (χ1n) is 8.38. The molecule has 0 saturated heterocycles. The fraction of sp³-hybridized carbons (Fsp3) is 0.0455. The van der Waals surface area contributed by atoms with Crippen molar-refractivity contribution in [2.45, 2.75) is 0 Å². The maximum atomic E-state index is 12.6. The molecule has 0 unspecified atom stereocenters. The molecule has 0 saturated carbocycles. The molecule has 0 bridgehead atoms. The highest BCUT2D eigenvalue weighted by atomic mass is 32.2. The summed E-state index contributed by atoms with van der Waals surface area (Å²) in [6, 6.07) is 25.9. The molecule has 0 fully saturated rings. The van der Waals surface area contributed by atoms with Crippen molar-refractivity contribution < 1.29 is 13.2 Å². The molecule has 0 heterocycles. The summed E-state index contributed by atoms with van der Waals surface area (Å²) in [4.78, 5) is 12.6. The standard InChI is InChI=1S/C22H19NO3S/c1-27(25,26)23(21-13-6-3-7-14-21)22(24)16-15-18-9-8-12-20(17-18)19-10-4-2-5-11-19/h2-17H,1H3/b16-15+. The number of anilines is 1. The second-order valence-electron chi connectivity index (χ2n) is 6.03. The van der Waals surface area contributed by atoms with E-state index in [1.165, 1.54) is 6.08 Å².